The summed E-state index contributed by atoms with van der Waals surface area (Å²) in [6, 6.07) is 6.84. The molecular formula is C10H6CoO2. The molecule has 0 saturated carbocycles. The summed E-state index contributed by atoms with van der Waals surface area (Å²) in [6.07, 6.45) is 2.62. The fourth-order valence-corrected chi connectivity index (χ4v) is 1.24. The van der Waals surface area contributed by atoms with E-state index in [1.165, 1.54) is 12.2 Å². The van der Waals surface area contributed by atoms with Crippen molar-refractivity contribution in [3.05, 3.63) is 47.5 Å². The number of carbonyl (C=O) groups excluding carboxylic acids is 2. The van der Waals surface area contributed by atoms with Gasteiger partial charge in [-0.15, -0.1) is 0 Å². The molecule has 1 aliphatic rings. The van der Waals surface area contributed by atoms with E-state index in [1.54, 1.807) is 24.3 Å². The molecule has 1 aliphatic carbocycles. The third-order valence-corrected chi connectivity index (χ3v) is 1.84. The van der Waals surface area contributed by atoms with Gasteiger partial charge in [0.15, 0.2) is 11.6 Å². The summed E-state index contributed by atoms with van der Waals surface area (Å²) < 4.78 is 0. The van der Waals surface area contributed by atoms with Crippen LogP contribution in [0.15, 0.2) is 36.4 Å². The molecule has 0 unspecified atom stereocenters. The van der Waals surface area contributed by atoms with Crippen molar-refractivity contribution < 1.29 is 26.4 Å². The predicted octanol–water partition coefficient (Wildman–Crippen LogP) is 1.62. The maximum Gasteiger partial charge on any atom is 0.186 e. The molecule has 2 rings (SSSR count). The second kappa shape index (κ2) is 3.68. The molecule has 13 heavy (non-hydrogen) atoms. The van der Waals surface area contributed by atoms with Crippen LogP contribution in [0.4, 0.5) is 0 Å². The summed E-state index contributed by atoms with van der Waals surface area (Å²) in [5, 5.41) is 0. The summed E-state index contributed by atoms with van der Waals surface area (Å²) in [6.45, 7) is 0. The van der Waals surface area contributed by atoms with Crippen molar-refractivity contribution in [2.24, 2.45) is 0 Å². The smallest absolute Gasteiger partial charge is 0.186 e. The predicted molar refractivity (Wildman–Crippen MR) is 44.2 cm³/mol. The molecule has 0 bridgehead atoms. The van der Waals surface area contributed by atoms with Crippen molar-refractivity contribution in [1.29, 1.82) is 0 Å². The van der Waals surface area contributed by atoms with Crippen LogP contribution in [-0.4, -0.2) is 11.6 Å². The Labute approximate surface area is 85.8 Å². The van der Waals surface area contributed by atoms with Crippen molar-refractivity contribution in [3.63, 3.8) is 0 Å². The van der Waals surface area contributed by atoms with Gasteiger partial charge in [0.05, 0.1) is 0 Å². The summed E-state index contributed by atoms with van der Waals surface area (Å²) in [7, 11) is 0. The zero-order chi connectivity index (χ0) is 8.55. The molecule has 0 amide bonds. The van der Waals surface area contributed by atoms with E-state index in [4.69, 9.17) is 0 Å². The first-order valence-electron chi connectivity index (χ1n) is 3.65. The van der Waals surface area contributed by atoms with Crippen LogP contribution in [0.25, 0.3) is 0 Å². The van der Waals surface area contributed by atoms with Gasteiger partial charge in [-0.05, 0) is 12.2 Å². The first kappa shape index (κ1) is 9.89. The Balaban J connectivity index is 0.000000845. The summed E-state index contributed by atoms with van der Waals surface area (Å²) in [5.41, 5.74) is 1.01. The molecule has 2 nitrogen and oxygen atoms in total. The van der Waals surface area contributed by atoms with Crippen LogP contribution in [0.1, 0.15) is 20.7 Å². The summed E-state index contributed by atoms with van der Waals surface area (Å²) >= 11 is 0. The van der Waals surface area contributed by atoms with Crippen LogP contribution in [0, 0.1) is 0 Å². The van der Waals surface area contributed by atoms with E-state index in [0.717, 1.165) is 0 Å². The van der Waals surface area contributed by atoms with Crippen molar-refractivity contribution in [3.8, 4) is 0 Å². The first-order chi connectivity index (χ1) is 5.79. The van der Waals surface area contributed by atoms with E-state index < -0.39 is 0 Å². The third kappa shape index (κ3) is 1.61. The molecule has 1 aromatic carbocycles. The average molecular weight is 217 g/mol. The zero-order valence-corrected chi connectivity index (χ0v) is 7.65. The van der Waals surface area contributed by atoms with Crippen molar-refractivity contribution in [2.45, 2.75) is 0 Å². The molecule has 1 radical (unpaired) electrons. The maximum absolute atomic E-state index is 11.2. The Kier molecular flexibility index (Phi) is 2.80. The van der Waals surface area contributed by atoms with Gasteiger partial charge < -0.3 is 0 Å². The minimum atomic E-state index is -0.0924. The number of hydrogen-bond acceptors (Lipinski definition) is 2. The number of benzene rings is 1. The molecule has 1 aromatic rings. The van der Waals surface area contributed by atoms with Gasteiger partial charge in [-0.3, -0.25) is 9.59 Å². The number of ketones is 2. The fourth-order valence-electron chi connectivity index (χ4n) is 1.24. The molecule has 0 spiro atoms. The molecule has 0 heterocycles. The minimum absolute atomic E-state index is 0. The van der Waals surface area contributed by atoms with Gasteiger partial charge in [-0.2, -0.15) is 0 Å². The van der Waals surface area contributed by atoms with Gasteiger partial charge in [0.25, 0.3) is 0 Å². The molecule has 0 N–H and O–H groups in total. The Morgan fingerprint density at radius 3 is 1.54 bits per heavy atom. The quantitative estimate of drug-likeness (QED) is 0.661. The van der Waals surface area contributed by atoms with Crippen LogP contribution in [0.3, 0.4) is 0 Å². The molecular weight excluding hydrogens is 211 g/mol. The molecule has 0 fully saturated rings. The summed E-state index contributed by atoms with van der Waals surface area (Å²) in [5.74, 6) is -0.185. The van der Waals surface area contributed by atoms with Crippen molar-refractivity contribution in [1.82, 2.24) is 0 Å². The topological polar surface area (TPSA) is 34.1 Å². The van der Waals surface area contributed by atoms with E-state index in [9.17, 15) is 9.59 Å². The number of carbonyl (C=O) groups is 2. The second-order valence-electron chi connectivity index (χ2n) is 2.61. The minimum Gasteiger partial charge on any atom is -0.289 e. The van der Waals surface area contributed by atoms with Gasteiger partial charge in [0.1, 0.15) is 0 Å². The maximum atomic E-state index is 11.2. The zero-order valence-electron chi connectivity index (χ0n) is 6.61. The molecule has 0 saturated heterocycles. The fraction of sp³-hybridized carbons (Fsp3) is 0. The van der Waals surface area contributed by atoms with Crippen molar-refractivity contribution in [2.75, 3.05) is 0 Å². The number of hydrogen-bond donors (Lipinski definition) is 0. The molecule has 0 aliphatic heterocycles. The Bertz CT molecular complexity index is 357. The van der Waals surface area contributed by atoms with Gasteiger partial charge in [0.2, 0.25) is 0 Å². The van der Waals surface area contributed by atoms with Crippen molar-refractivity contribution >= 4 is 11.6 Å². The average Bonchev–Trinajstić information content (AvgIpc) is 2.12. The van der Waals surface area contributed by atoms with Crippen LogP contribution in [0.2, 0.25) is 0 Å². The van der Waals surface area contributed by atoms with Crippen LogP contribution < -0.4 is 0 Å². The van der Waals surface area contributed by atoms with Gasteiger partial charge >= 0.3 is 0 Å². The van der Waals surface area contributed by atoms with Gasteiger partial charge in [0, 0.05) is 27.9 Å². The van der Waals surface area contributed by atoms with E-state index >= 15 is 0 Å². The number of fused-ring (bicyclic) bond motifs is 1. The number of rotatable bonds is 0. The molecule has 0 atom stereocenters. The monoisotopic (exact) mass is 217 g/mol. The number of allylic oxidation sites excluding steroid dienone is 2. The van der Waals surface area contributed by atoms with Gasteiger partial charge in [-0.1, -0.05) is 24.3 Å². The normalized spacial score (nSPS) is 13.5. The first-order valence-corrected chi connectivity index (χ1v) is 3.65. The Morgan fingerprint density at radius 2 is 1.15 bits per heavy atom. The molecule has 0 aromatic heterocycles. The van der Waals surface area contributed by atoms with E-state index in [-0.39, 0.29) is 28.3 Å². The van der Waals surface area contributed by atoms with Crippen LogP contribution >= 0.6 is 0 Å². The molecule has 3 heteroatoms. The van der Waals surface area contributed by atoms with Gasteiger partial charge in [-0.25, -0.2) is 0 Å². The van der Waals surface area contributed by atoms with E-state index in [1.807, 2.05) is 0 Å². The second-order valence-corrected chi connectivity index (χ2v) is 2.61. The molecule has 67 valence electrons. The van der Waals surface area contributed by atoms with E-state index in [2.05, 4.69) is 0 Å². The SMILES string of the molecule is O=C1C=CC(=O)c2ccccc21.[Co]. The Morgan fingerprint density at radius 1 is 0.769 bits per heavy atom. The third-order valence-electron chi connectivity index (χ3n) is 1.84. The Hall–Kier alpha value is -1.19. The standard InChI is InChI=1S/C10H6O2.Co/c11-9-5-6-10(12)8-4-2-1-3-7(8)9;/h1-6H;. The largest absolute Gasteiger partial charge is 0.289 e. The summed E-state index contributed by atoms with van der Waals surface area (Å²) in [4.78, 5) is 22.4. The van der Waals surface area contributed by atoms with E-state index in [0.29, 0.717) is 11.1 Å². The van der Waals surface area contributed by atoms with Crippen LogP contribution in [0.5, 0.6) is 0 Å². The van der Waals surface area contributed by atoms with Crippen LogP contribution in [-0.2, 0) is 16.8 Å².